The van der Waals surface area contributed by atoms with Gasteiger partial charge in [-0.2, -0.15) is 5.10 Å². The molecule has 0 spiro atoms. The zero-order valence-electron chi connectivity index (χ0n) is 8.57. The Morgan fingerprint density at radius 1 is 1.41 bits per heavy atom. The number of nitrogens with two attached hydrogens (primary N) is 2. The molecule has 0 atom stereocenters. The predicted molar refractivity (Wildman–Crippen MR) is 63.6 cm³/mol. The number of primary amides is 1. The molecule has 2 aromatic heterocycles. The molecule has 0 saturated carbocycles. The van der Waals surface area contributed by atoms with Gasteiger partial charge in [0.2, 0.25) is 0 Å². The molecule has 8 heteroatoms. The highest BCUT2D eigenvalue weighted by Gasteiger charge is 2.08. The van der Waals surface area contributed by atoms with Gasteiger partial charge in [0.05, 0.1) is 11.8 Å². The van der Waals surface area contributed by atoms with Crippen molar-refractivity contribution in [1.82, 2.24) is 19.7 Å². The maximum absolute atomic E-state index is 10.9. The van der Waals surface area contributed by atoms with E-state index >= 15 is 0 Å². The fourth-order valence-corrected chi connectivity index (χ4v) is 1.27. The lowest BCUT2D eigenvalue weighted by Crippen LogP contribution is -2.14. The quantitative estimate of drug-likeness (QED) is 0.701. The topological polar surface area (TPSA) is 113 Å². The number of thiocarbonyl (C=S) groups is 1. The molecule has 0 bridgehead atoms. The van der Waals surface area contributed by atoms with Gasteiger partial charge in [0.1, 0.15) is 10.7 Å². The van der Waals surface area contributed by atoms with Crippen LogP contribution in [0.15, 0.2) is 24.7 Å². The molecule has 2 aromatic rings. The van der Waals surface area contributed by atoms with Crippen LogP contribution in [-0.4, -0.2) is 30.6 Å². The lowest BCUT2D eigenvalue weighted by molar-refractivity contribution is 0.100. The third-order valence-electron chi connectivity index (χ3n) is 1.97. The van der Waals surface area contributed by atoms with Gasteiger partial charge in [-0.1, -0.05) is 12.2 Å². The minimum atomic E-state index is -0.568. The van der Waals surface area contributed by atoms with Gasteiger partial charge in [0.15, 0.2) is 0 Å². The van der Waals surface area contributed by atoms with Crippen LogP contribution in [0.25, 0.3) is 5.95 Å². The molecule has 0 aromatic carbocycles. The summed E-state index contributed by atoms with van der Waals surface area (Å²) in [6.07, 6.45) is 4.27. The van der Waals surface area contributed by atoms with Crippen LogP contribution in [0.1, 0.15) is 16.1 Å². The summed E-state index contributed by atoms with van der Waals surface area (Å²) < 4.78 is 1.32. The van der Waals surface area contributed by atoms with E-state index < -0.39 is 5.91 Å². The summed E-state index contributed by atoms with van der Waals surface area (Å²) in [5, 5.41) is 3.91. The molecule has 17 heavy (non-hydrogen) atoms. The van der Waals surface area contributed by atoms with E-state index in [9.17, 15) is 4.79 Å². The highest BCUT2D eigenvalue weighted by molar-refractivity contribution is 7.80. The molecule has 0 aliphatic carbocycles. The number of carbonyl (C=O) groups is 1. The molecule has 2 heterocycles. The summed E-state index contributed by atoms with van der Waals surface area (Å²) in [6, 6.07) is 1.59. The second kappa shape index (κ2) is 4.26. The summed E-state index contributed by atoms with van der Waals surface area (Å²) in [4.78, 5) is 19.1. The monoisotopic (exact) mass is 248 g/mol. The van der Waals surface area contributed by atoms with E-state index in [1.807, 2.05) is 0 Å². The van der Waals surface area contributed by atoms with E-state index in [1.54, 1.807) is 6.07 Å². The maximum atomic E-state index is 10.9. The van der Waals surface area contributed by atoms with E-state index in [0.29, 0.717) is 5.69 Å². The third-order valence-corrected chi connectivity index (χ3v) is 2.18. The molecule has 0 aliphatic rings. The van der Waals surface area contributed by atoms with Gasteiger partial charge in [0, 0.05) is 12.4 Å². The Bertz CT molecular complexity index is 593. The molecule has 2 rings (SSSR count). The second-order valence-electron chi connectivity index (χ2n) is 3.14. The van der Waals surface area contributed by atoms with Crippen molar-refractivity contribution in [3.05, 3.63) is 35.9 Å². The standard InChI is InChI=1S/C9H8N6OS/c10-7(16)5-3-13-15(4-5)9-12-2-1-6(14-9)8(11)17/h1-4H,(H2,10,16)(H2,11,17). The fraction of sp³-hybridized carbons (Fsp3) is 0. The molecule has 0 saturated heterocycles. The molecule has 86 valence electrons. The van der Waals surface area contributed by atoms with E-state index in [1.165, 1.54) is 23.3 Å². The van der Waals surface area contributed by atoms with Crippen LogP contribution in [0, 0.1) is 0 Å². The van der Waals surface area contributed by atoms with Crippen molar-refractivity contribution in [3.8, 4) is 5.95 Å². The van der Waals surface area contributed by atoms with Crippen molar-refractivity contribution >= 4 is 23.1 Å². The molecule has 0 fully saturated rings. The summed E-state index contributed by atoms with van der Waals surface area (Å²) in [6.45, 7) is 0. The number of nitrogens with zero attached hydrogens (tertiary/aromatic N) is 4. The Kier molecular flexibility index (Phi) is 2.79. The first-order chi connectivity index (χ1) is 8.08. The third kappa shape index (κ3) is 2.26. The van der Waals surface area contributed by atoms with Crippen molar-refractivity contribution < 1.29 is 4.79 Å². The molecular weight excluding hydrogens is 240 g/mol. The molecule has 7 nitrogen and oxygen atoms in total. The molecule has 0 radical (unpaired) electrons. The van der Waals surface area contributed by atoms with E-state index in [2.05, 4.69) is 15.1 Å². The Labute approximate surface area is 101 Å². The van der Waals surface area contributed by atoms with Gasteiger partial charge in [-0.05, 0) is 6.07 Å². The van der Waals surface area contributed by atoms with Gasteiger partial charge in [-0.3, -0.25) is 4.79 Å². The van der Waals surface area contributed by atoms with Gasteiger partial charge in [-0.25, -0.2) is 14.6 Å². The Morgan fingerprint density at radius 3 is 2.76 bits per heavy atom. The summed E-state index contributed by atoms with van der Waals surface area (Å²) in [5.74, 6) is -0.301. The van der Waals surface area contributed by atoms with Crippen molar-refractivity contribution in [2.45, 2.75) is 0 Å². The zero-order chi connectivity index (χ0) is 12.4. The van der Waals surface area contributed by atoms with Crippen LogP contribution in [0.2, 0.25) is 0 Å². The Morgan fingerprint density at radius 2 is 2.18 bits per heavy atom. The van der Waals surface area contributed by atoms with Gasteiger partial charge >= 0.3 is 0 Å². The maximum Gasteiger partial charge on any atom is 0.251 e. The normalized spacial score (nSPS) is 10.1. The fourth-order valence-electron chi connectivity index (χ4n) is 1.16. The van der Waals surface area contributed by atoms with Crippen molar-refractivity contribution in [3.63, 3.8) is 0 Å². The van der Waals surface area contributed by atoms with Gasteiger partial charge < -0.3 is 11.5 Å². The van der Waals surface area contributed by atoms with Gasteiger partial charge in [0.25, 0.3) is 11.9 Å². The van der Waals surface area contributed by atoms with E-state index in [-0.39, 0.29) is 16.5 Å². The number of carbonyl (C=O) groups excluding carboxylic acids is 1. The van der Waals surface area contributed by atoms with E-state index in [0.717, 1.165) is 0 Å². The van der Waals surface area contributed by atoms with Crippen LogP contribution >= 0.6 is 12.2 Å². The number of hydrogen-bond acceptors (Lipinski definition) is 5. The zero-order valence-corrected chi connectivity index (χ0v) is 9.39. The largest absolute Gasteiger partial charge is 0.388 e. The summed E-state index contributed by atoms with van der Waals surface area (Å²) in [5.41, 5.74) is 11.3. The first-order valence-corrected chi connectivity index (χ1v) is 4.96. The van der Waals surface area contributed by atoms with Gasteiger partial charge in [-0.15, -0.1) is 0 Å². The van der Waals surface area contributed by atoms with Crippen LogP contribution < -0.4 is 11.5 Å². The first kappa shape index (κ1) is 11.1. The minimum absolute atomic E-state index is 0.163. The van der Waals surface area contributed by atoms with Crippen LogP contribution in [-0.2, 0) is 0 Å². The number of hydrogen-bond donors (Lipinski definition) is 2. The minimum Gasteiger partial charge on any atom is -0.388 e. The van der Waals surface area contributed by atoms with Crippen molar-refractivity contribution in [1.29, 1.82) is 0 Å². The van der Waals surface area contributed by atoms with Crippen LogP contribution in [0.5, 0.6) is 0 Å². The predicted octanol–water partition coefficient (Wildman–Crippen LogP) is -0.605. The van der Waals surface area contributed by atoms with Crippen molar-refractivity contribution in [2.75, 3.05) is 0 Å². The average molecular weight is 248 g/mol. The molecular formula is C9H8N6OS. The lowest BCUT2D eigenvalue weighted by Gasteiger charge is -2.01. The Balaban J connectivity index is 2.42. The SMILES string of the molecule is NC(=O)c1cnn(-c2nccc(C(N)=S)n2)c1. The van der Waals surface area contributed by atoms with E-state index in [4.69, 9.17) is 23.7 Å². The molecule has 0 unspecified atom stereocenters. The molecule has 4 N–H and O–H groups in total. The van der Waals surface area contributed by atoms with Crippen molar-refractivity contribution in [2.24, 2.45) is 11.5 Å². The average Bonchev–Trinajstić information content (AvgIpc) is 2.78. The number of rotatable bonds is 3. The molecule has 1 amide bonds. The summed E-state index contributed by atoms with van der Waals surface area (Å²) in [7, 11) is 0. The number of amides is 1. The summed E-state index contributed by atoms with van der Waals surface area (Å²) >= 11 is 4.80. The van der Waals surface area contributed by atoms with Crippen LogP contribution in [0.4, 0.5) is 0 Å². The smallest absolute Gasteiger partial charge is 0.251 e. The first-order valence-electron chi connectivity index (χ1n) is 4.55. The lowest BCUT2D eigenvalue weighted by atomic mass is 10.3. The highest BCUT2D eigenvalue weighted by atomic mass is 32.1. The van der Waals surface area contributed by atoms with Crippen LogP contribution in [0.3, 0.4) is 0 Å². The second-order valence-corrected chi connectivity index (χ2v) is 3.58. The highest BCUT2D eigenvalue weighted by Crippen LogP contribution is 2.03. The Hall–Kier alpha value is -2.35. The number of aromatic nitrogens is 4. The molecule has 0 aliphatic heterocycles.